The lowest BCUT2D eigenvalue weighted by atomic mass is 10.0. The van der Waals surface area contributed by atoms with Crippen LogP contribution in [0.1, 0.15) is 43.7 Å². The van der Waals surface area contributed by atoms with Gasteiger partial charge in [-0.25, -0.2) is 4.98 Å². The van der Waals surface area contributed by atoms with Gasteiger partial charge in [0.05, 0.1) is 22.9 Å². The molecule has 1 unspecified atom stereocenters. The van der Waals surface area contributed by atoms with Crippen molar-refractivity contribution in [3.8, 4) is 5.75 Å². The van der Waals surface area contributed by atoms with Crippen LogP contribution >= 0.6 is 22.9 Å². The quantitative estimate of drug-likeness (QED) is 0.437. The van der Waals surface area contributed by atoms with Gasteiger partial charge in [0.15, 0.2) is 11.7 Å². The highest BCUT2D eigenvalue weighted by Gasteiger charge is 2.27. The SMILES string of the molecule is Cc1cc(Cl)cc2sc(N(CC3CCCO3)C(=O)COc3ccc(C(C)C)cc3)nc12. The van der Waals surface area contributed by atoms with E-state index in [1.807, 2.05) is 43.3 Å². The number of aryl methyl sites for hydroxylation is 1. The first-order valence-corrected chi connectivity index (χ1v) is 11.8. The summed E-state index contributed by atoms with van der Waals surface area (Å²) < 4.78 is 12.6. The molecular weight excluding hydrogens is 432 g/mol. The number of anilines is 1. The largest absolute Gasteiger partial charge is 0.484 e. The van der Waals surface area contributed by atoms with Gasteiger partial charge in [-0.3, -0.25) is 9.69 Å². The Bertz CT molecular complexity index is 1060. The molecule has 1 fully saturated rings. The zero-order chi connectivity index (χ0) is 22.0. The minimum atomic E-state index is -0.133. The summed E-state index contributed by atoms with van der Waals surface area (Å²) in [5.74, 6) is 1.00. The molecule has 0 radical (unpaired) electrons. The van der Waals surface area contributed by atoms with Gasteiger partial charge in [-0.2, -0.15) is 0 Å². The van der Waals surface area contributed by atoms with Gasteiger partial charge in [-0.05, 0) is 61.1 Å². The number of nitrogens with zero attached hydrogens (tertiary/aromatic N) is 2. The van der Waals surface area contributed by atoms with Crippen LogP contribution in [0.2, 0.25) is 5.02 Å². The van der Waals surface area contributed by atoms with Crippen LogP contribution in [-0.2, 0) is 9.53 Å². The fraction of sp³-hybridized carbons (Fsp3) is 0.417. The standard InChI is InChI=1S/C24H27ClN2O3S/c1-15(2)17-6-8-19(9-7-17)30-14-22(28)27(13-20-5-4-10-29-20)24-26-23-16(3)11-18(25)12-21(23)31-24/h6-9,11-12,15,20H,4-5,10,13-14H2,1-3H3. The molecule has 0 saturated carbocycles. The van der Waals surface area contributed by atoms with Gasteiger partial charge in [-0.15, -0.1) is 0 Å². The highest BCUT2D eigenvalue weighted by molar-refractivity contribution is 7.22. The Morgan fingerprint density at radius 2 is 2.10 bits per heavy atom. The molecule has 7 heteroatoms. The van der Waals surface area contributed by atoms with Crippen molar-refractivity contribution in [1.82, 2.24) is 4.98 Å². The van der Waals surface area contributed by atoms with E-state index in [4.69, 9.17) is 26.1 Å². The number of carbonyl (C=O) groups is 1. The van der Waals surface area contributed by atoms with Gasteiger partial charge in [0, 0.05) is 11.6 Å². The number of fused-ring (bicyclic) bond motifs is 1. The zero-order valence-corrected chi connectivity index (χ0v) is 19.6. The lowest BCUT2D eigenvalue weighted by Crippen LogP contribution is -2.40. The van der Waals surface area contributed by atoms with Gasteiger partial charge in [0.2, 0.25) is 0 Å². The third-order valence-electron chi connectivity index (χ3n) is 5.49. The molecule has 0 spiro atoms. The summed E-state index contributed by atoms with van der Waals surface area (Å²) in [6.45, 7) is 7.43. The van der Waals surface area contributed by atoms with Crippen LogP contribution in [0.15, 0.2) is 36.4 Å². The normalized spacial score (nSPS) is 16.2. The Labute approximate surface area is 191 Å². The summed E-state index contributed by atoms with van der Waals surface area (Å²) in [5.41, 5.74) is 3.11. The molecule has 31 heavy (non-hydrogen) atoms. The molecule has 1 amide bonds. The van der Waals surface area contributed by atoms with Crippen molar-refractivity contribution in [3.63, 3.8) is 0 Å². The molecule has 0 aliphatic carbocycles. The number of rotatable bonds is 7. The molecular formula is C24H27ClN2O3S. The second kappa shape index (κ2) is 9.55. The van der Waals surface area contributed by atoms with Crippen LogP contribution in [0.5, 0.6) is 5.75 Å². The number of hydrogen-bond donors (Lipinski definition) is 0. The molecule has 4 rings (SSSR count). The van der Waals surface area contributed by atoms with E-state index in [2.05, 4.69) is 13.8 Å². The van der Waals surface area contributed by atoms with Crippen molar-refractivity contribution in [2.75, 3.05) is 24.7 Å². The van der Waals surface area contributed by atoms with E-state index in [1.165, 1.54) is 16.9 Å². The maximum absolute atomic E-state index is 13.2. The Balaban J connectivity index is 1.54. The number of hydrogen-bond acceptors (Lipinski definition) is 5. The summed E-state index contributed by atoms with van der Waals surface area (Å²) in [7, 11) is 0. The lowest BCUT2D eigenvalue weighted by Gasteiger charge is -2.23. The predicted octanol–water partition coefficient (Wildman–Crippen LogP) is 5.97. The number of halogens is 1. The van der Waals surface area contributed by atoms with Gasteiger partial charge < -0.3 is 9.47 Å². The third kappa shape index (κ3) is 5.20. The number of thiazole rings is 1. The molecule has 1 atom stereocenters. The van der Waals surface area contributed by atoms with Crippen LogP contribution in [0.4, 0.5) is 5.13 Å². The van der Waals surface area contributed by atoms with E-state index < -0.39 is 0 Å². The highest BCUT2D eigenvalue weighted by Crippen LogP contribution is 2.34. The molecule has 0 bridgehead atoms. The first-order valence-electron chi connectivity index (χ1n) is 10.6. The Kier molecular flexibility index (Phi) is 6.80. The maximum Gasteiger partial charge on any atom is 0.266 e. The average Bonchev–Trinajstić information content (AvgIpc) is 3.40. The molecule has 3 aromatic rings. The molecule has 5 nitrogen and oxygen atoms in total. The third-order valence-corrected chi connectivity index (χ3v) is 6.73. The van der Waals surface area contributed by atoms with Crippen LogP contribution in [-0.4, -0.2) is 36.8 Å². The molecule has 2 aromatic carbocycles. The van der Waals surface area contributed by atoms with Gasteiger partial charge in [0.25, 0.3) is 5.91 Å². The molecule has 1 aliphatic heterocycles. The molecule has 0 N–H and O–H groups in total. The Hall–Kier alpha value is -2.15. The van der Waals surface area contributed by atoms with Crippen LogP contribution < -0.4 is 9.64 Å². The van der Waals surface area contributed by atoms with E-state index >= 15 is 0 Å². The molecule has 2 heterocycles. The van der Waals surface area contributed by atoms with Gasteiger partial charge >= 0.3 is 0 Å². The Morgan fingerprint density at radius 1 is 1.32 bits per heavy atom. The fourth-order valence-electron chi connectivity index (χ4n) is 3.71. The predicted molar refractivity (Wildman–Crippen MR) is 127 cm³/mol. The second-order valence-corrected chi connectivity index (χ2v) is 9.66. The first-order chi connectivity index (χ1) is 14.9. The van der Waals surface area contributed by atoms with Crippen molar-refractivity contribution >= 4 is 44.2 Å². The minimum Gasteiger partial charge on any atom is -0.484 e. The first kappa shape index (κ1) is 22.1. The number of ether oxygens (including phenoxy) is 2. The number of benzene rings is 2. The lowest BCUT2D eigenvalue weighted by molar-refractivity contribution is -0.120. The summed E-state index contributed by atoms with van der Waals surface area (Å²) in [6, 6.07) is 11.7. The van der Waals surface area contributed by atoms with E-state index in [0.29, 0.717) is 28.4 Å². The topological polar surface area (TPSA) is 51.7 Å². The summed E-state index contributed by atoms with van der Waals surface area (Å²) in [4.78, 5) is 19.7. The van der Waals surface area contributed by atoms with E-state index in [1.54, 1.807) is 4.90 Å². The van der Waals surface area contributed by atoms with Crippen molar-refractivity contribution in [3.05, 3.63) is 52.5 Å². The monoisotopic (exact) mass is 458 g/mol. The average molecular weight is 459 g/mol. The van der Waals surface area contributed by atoms with E-state index in [0.717, 1.165) is 35.2 Å². The summed E-state index contributed by atoms with van der Waals surface area (Å²) in [5, 5.41) is 1.32. The second-order valence-electron chi connectivity index (χ2n) is 8.22. The zero-order valence-electron chi connectivity index (χ0n) is 18.1. The number of aromatic nitrogens is 1. The van der Waals surface area contributed by atoms with E-state index in [-0.39, 0.29) is 18.6 Å². The van der Waals surface area contributed by atoms with Crippen LogP contribution in [0.25, 0.3) is 10.2 Å². The van der Waals surface area contributed by atoms with Crippen molar-refractivity contribution in [1.29, 1.82) is 0 Å². The molecule has 1 aromatic heterocycles. The van der Waals surface area contributed by atoms with Crippen molar-refractivity contribution < 1.29 is 14.3 Å². The van der Waals surface area contributed by atoms with Crippen molar-refractivity contribution in [2.45, 2.75) is 45.6 Å². The van der Waals surface area contributed by atoms with Crippen LogP contribution in [0, 0.1) is 6.92 Å². The van der Waals surface area contributed by atoms with Gasteiger partial charge in [0.1, 0.15) is 5.75 Å². The summed E-state index contributed by atoms with van der Waals surface area (Å²) >= 11 is 7.69. The maximum atomic E-state index is 13.2. The fourth-order valence-corrected chi connectivity index (χ4v) is 5.16. The minimum absolute atomic E-state index is 0.0194. The van der Waals surface area contributed by atoms with E-state index in [9.17, 15) is 4.79 Å². The number of amides is 1. The van der Waals surface area contributed by atoms with Crippen LogP contribution in [0.3, 0.4) is 0 Å². The van der Waals surface area contributed by atoms with Gasteiger partial charge in [-0.1, -0.05) is 48.9 Å². The highest BCUT2D eigenvalue weighted by atomic mass is 35.5. The Morgan fingerprint density at radius 3 is 2.77 bits per heavy atom. The smallest absolute Gasteiger partial charge is 0.266 e. The van der Waals surface area contributed by atoms with Crippen molar-refractivity contribution in [2.24, 2.45) is 0 Å². The molecule has 1 aliphatic rings. The summed E-state index contributed by atoms with van der Waals surface area (Å²) in [6.07, 6.45) is 1.97. The molecule has 164 valence electrons. The molecule has 1 saturated heterocycles. The number of carbonyl (C=O) groups excluding carboxylic acids is 1.